The number of nitrogens with one attached hydrogen (secondary N) is 1. The van der Waals surface area contributed by atoms with Crippen LogP contribution < -0.4 is 5.32 Å². The molecule has 1 saturated carbocycles. The van der Waals surface area contributed by atoms with E-state index in [1.54, 1.807) is 0 Å². The first kappa shape index (κ1) is 19.0. The molecule has 0 aliphatic heterocycles. The van der Waals surface area contributed by atoms with Crippen LogP contribution in [0.25, 0.3) is 0 Å². The van der Waals surface area contributed by atoms with Crippen molar-refractivity contribution in [3.8, 4) is 0 Å². The summed E-state index contributed by atoms with van der Waals surface area (Å²) < 4.78 is 0. The minimum Gasteiger partial charge on any atom is -0.312 e. The second-order valence-corrected chi connectivity index (χ2v) is 9.52. The molecular weight excluding hydrogens is 254 g/mol. The van der Waals surface area contributed by atoms with E-state index in [-0.39, 0.29) is 5.54 Å². The van der Waals surface area contributed by atoms with Crippen LogP contribution in [0.15, 0.2) is 0 Å². The summed E-state index contributed by atoms with van der Waals surface area (Å²) in [5.41, 5.74) is 0.750. The average Bonchev–Trinajstić information content (AvgIpc) is 2.35. The fraction of sp³-hybridized carbons (Fsp3) is 1.00. The molecule has 126 valence electrons. The third-order valence-corrected chi connectivity index (χ3v) is 5.44. The van der Waals surface area contributed by atoms with Gasteiger partial charge in [0, 0.05) is 5.54 Å². The highest BCUT2D eigenvalue weighted by Crippen LogP contribution is 2.44. The van der Waals surface area contributed by atoms with Crippen molar-refractivity contribution in [2.24, 2.45) is 23.2 Å². The van der Waals surface area contributed by atoms with Crippen LogP contribution in [-0.2, 0) is 0 Å². The van der Waals surface area contributed by atoms with Gasteiger partial charge in [-0.15, -0.1) is 0 Å². The van der Waals surface area contributed by atoms with Gasteiger partial charge in [-0.25, -0.2) is 0 Å². The zero-order valence-electron chi connectivity index (χ0n) is 15.9. The van der Waals surface area contributed by atoms with Gasteiger partial charge in [-0.05, 0) is 69.7 Å². The van der Waals surface area contributed by atoms with Crippen LogP contribution in [0.5, 0.6) is 0 Å². The Morgan fingerprint density at radius 3 is 2.10 bits per heavy atom. The molecule has 1 rings (SSSR count). The monoisotopic (exact) mass is 295 g/mol. The smallest absolute Gasteiger partial charge is 0.00966 e. The molecule has 0 aromatic carbocycles. The van der Waals surface area contributed by atoms with Crippen molar-refractivity contribution in [3.05, 3.63) is 0 Å². The van der Waals surface area contributed by atoms with Gasteiger partial charge in [-0.1, -0.05) is 53.4 Å². The number of hydrogen-bond donors (Lipinski definition) is 1. The molecule has 0 bridgehead atoms. The first-order valence-corrected chi connectivity index (χ1v) is 9.38. The highest BCUT2D eigenvalue weighted by atomic mass is 14.9. The van der Waals surface area contributed by atoms with Gasteiger partial charge in [0.15, 0.2) is 0 Å². The molecule has 3 atom stereocenters. The van der Waals surface area contributed by atoms with E-state index in [0.717, 1.165) is 17.8 Å². The molecule has 0 spiro atoms. The Morgan fingerprint density at radius 1 is 0.905 bits per heavy atom. The Bertz CT molecular complexity index is 281. The number of rotatable bonds is 6. The lowest BCUT2D eigenvalue weighted by atomic mass is 9.64. The van der Waals surface area contributed by atoms with Crippen molar-refractivity contribution in [1.82, 2.24) is 5.32 Å². The molecule has 1 heteroatoms. The molecular formula is C20H41N. The SMILES string of the molecule is CCCCCC1CC(C(C)(C)C)CCC1CNC(C)(C)C. The lowest BCUT2D eigenvalue weighted by Crippen LogP contribution is -2.43. The van der Waals surface area contributed by atoms with Gasteiger partial charge < -0.3 is 5.32 Å². The van der Waals surface area contributed by atoms with Crippen molar-refractivity contribution in [2.45, 2.75) is 99.0 Å². The topological polar surface area (TPSA) is 12.0 Å². The Labute approximate surface area is 134 Å². The van der Waals surface area contributed by atoms with Gasteiger partial charge in [0.25, 0.3) is 0 Å². The molecule has 1 aliphatic carbocycles. The molecule has 1 N–H and O–H groups in total. The second-order valence-electron chi connectivity index (χ2n) is 9.52. The summed E-state index contributed by atoms with van der Waals surface area (Å²) in [5, 5.41) is 3.77. The molecule has 0 aromatic rings. The van der Waals surface area contributed by atoms with Gasteiger partial charge in [-0.2, -0.15) is 0 Å². The summed E-state index contributed by atoms with van der Waals surface area (Å²) in [6, 6.07) is 0. The maximum atomic E-state index is 3.77. The van der Waals surface area contributed by atoms with E-state index in [1.807, 2.05) is 0 Å². The lowest BCUT2D eigenvalue weighted by molar-refractivity contribution is 0.0879. The predicted octanol–water partition coefficient (Wildman–Crippen LogP) is 6.03. The minimum absolute atomic E-state index is 0.259. The van der Waals surface area contributed by atoms with Crippen LogP contribution in [0, 0.1) is 23.2 Å². The molecule has 0 saturated heterocycles. The van der Waals surface area contributed by atoms with E-state index < -0.39 is 0 Å². The van der Waals surface area contributed by atoms with Gasteiger partial charge in [-0.3, -0.25) is 0 Å². The standard InChI is InChI=1S/C20H41N/c1-8-9-10-11-16-14-18(19(2,3)4)13-12-17(16)15-21-20(5,6)7/h16-18,21H,8-15H2,1-7H3. The maximum Gasteiger partial charge on any atom is 0.00966 e. The van der Waals surface area contributed by atoms with E-state index >= 15 is 0 Å². The summed E-state index contributed by atoms with van der Waals surface area (Å²) in [7, 11) is 0. The van der Waals surface area contributed by atoms with E-state index in [1.165, 1.54) is 51.5 Å². The maximum absolute atomic E-state index is 3.77. The normalized spacial score (nSPS) is 27.9. The molecule has 1 fully saturated rings. The molecule has 1 aliphatic rings. The van der Waals surface area contributed by atoms with Gasteiger partial charge in [0.05, 0.1) is 0 Å². The Balaban J connectivity index is 2.59. The third-order valence-electron chi connectivity index (χ3n) is 5.44. The largest absolute Gasteiger partial charge is 0.312 e. The lowest BCUT2D eigenvalue weighted by Gasteiger charge is -2.43. The van der Waals surface area contributed by atoms with Crippen LogP contribution in [0.1, 0.15) is 93.4 Å². The summed E-state index contributed by atoms with van der Waals surface area (Å²) in [6.45, 7) is 17.7. The molecule has 0 amide bonds. The first-order valence-electron chi connectivity index (χ1n) is 9.38. The molecule has 0 heterocycles. The first-order chi connectivity index (χ1) is 9.63. The van der Waals surface area contributed by atoms with Crippen LogP contribution in [0.2, 0.25) is 0 Å². The zero-order valence-corrected chi connectivity index (χ0v) is 15.9. The zero-order chi connectivity index (χ0) is 16.1. The van der Waals surface area contributed by atoms with Crippen LogP contribution in [0.4, 0.5) is 0 Å². The van der Waals surface area contributed by atoms with Crippen LogP contribution in [0.3, 0.4) is 0 Å². The van der Waals surface area contributed by atoms with E-state index in [2.05, 4.69) is 53.8 Å². The third kappa shape index (κ3) is 7.17. The summed E-state index contributed by atoms with van der Waals surface area (Å²) in [6.07, 6.45) is 9.98. The number of unbranched alkanes of at least 4 members (excludes halogenated alkanes) is 2. The van der Waals surface area contributed by atoms with E-state index in [4.69, 9.17) is 0 Å². The van der Waals surface area contributed by atoms with Crippen molar-refractivity contribution >= 4 is 0 Å². The minimum atomic E-state index is 0.259. The molecule has 21 heavy (non-hydrogen) atoms. The molecule has 1 nitrogen and oxygen atoms in total. The van der Waals surface area contributed by atoms with Crippen molar-refractivity contribution in [3.63, 3.8) is 0 Å². The van der Waals surface area contributed by atoms with Gasteiger partial charge in [0.1, 0.15) is 0 Å². The van der Waals surface area contributed by atoms with E-state index in [0.29, 0.717) is 5.41 Å². The highest BCUT2D eigenvalue weighted by molar-refractivity contribution is 4.87. The fourth-order valence-corrected chi connectivity index (χ4v) is 3.83. The predicted molar refractivity (Wildman–Crippen MR) is 95.7 cm³/mol. The Hall–Kier alpha value is -0.0400. The number of hydrogen-bond acceptors (Lipinski definition) is 1. The highest BCUT2D eigenvalue weighted by Gasteiger charge is 2.35. The van der Waals surface area contributed by atoms with Gasteiger partial charge in [0.2, 0.25) is 0 Å². The molecule has 0 aromatic heterocycles. The van der Waals surface area contributed by atoms with Gasteiger partial charge >= 0.3 is 0 Å². The van der Waals surface area contributed by atoms with Crippen LogP contribution in [-0.4, -0.2) is 12.1 Å². The second kappa shape index (κ2) is 7.99. The fourth-order valence-electron chi connectivity index (χ4n) is 3.83. The average molecular weight is 296 g/mol. The quantitative estimate of drug-likeness (QED) is 0.590. The van der Waals surface area contributed by atoms with E-state index in [9.17, 15) is 0 Å². The summed E-state index contributed by atoms with van der Waals surface area (Å²) >= 11 is 0. The Morgan fingerprint density at radius 2 is 1.57 bits per heavy atom. The summed E-state index contributed by atoms with van der Waals surface area (Å²) in [5.74, 6) is 2.78. The summed E-state index contributed by atoms with van der Waals surface area (Å²) in [4.78, 5) is 0. The van der Waals surface area contributed by atoms with Crippen LogP contribution >= 0.6 is 0 Å². The molecule has 3 unspecified atom stereocenters. The Kier molecular flexibility index (Phi) is 7.24. The van der Waals surface area contributed by atoms with Crippen molar-refractivity contribution in [1.29, 1.82) is 0 Å². The van der Waals surface area contributed by atoms with Crippen molar-refractivity contribution in [2.75, 3.05) is 6.54 Å². The molecule has 0 radical (unpaired) electrons. The van der Waals surface area contributed by atoms with Crippen molar-refractivity contribution < 1.29 is 0 Å².